The summed E-state index contributed by atoms with van der Waals surface area (Å²) >= 11 is 0. The molecule has 1 atom stereocenters. The van der Waals surface area contributed by atoms with Crippen molar-refractivity contribution in [2.75, 3.05) is 13.1 Å². The zero-order valence-electron chi connectivity index (χ0n) is 17.5. The molecule has 1 aromatic heterocycles. The first-order valence-corrected chi connectivity index (χ1v) is 10.3. The van der Waals surface area contributed by atoms with Crippen LogP contribution in [-0.2, 0) is 16.8 Å². The second-order valence-corrected chi connectivity index (χ2v) is 8.32. The molecule has 2 aromatic rings. The fraction of sp³-hybridized carbons (Fsp3) is 0.435. The minimum absolute atomic E-state index is 0.00717. The molecule has 0 spiro atoms. The Morgan fingerprint density at radius 1 is 1.31 bits per heavy atom. The summed E-state index contributed by atoms with van der Waals surface area (Å²) in [7, 11) is 0. The van der Waals surface area contributed by atoms with Gasteiger partial charge in [-0.05, 0) is 36.8 Å². The maximum absolute atomic E-state index is 12.8. The van der Waals surface area contributed by atoms with Crippen LogP contribution in [0.15, 0.2) is 41.8 Å². The largest absolute Gasteiger partial charge is 0.384 e. The van der Waals surface area contributed by atoms with Crippen LogP contribution >= 0.6 is 0 Å². The highest BCUT2D eigenvalue weighted by molar-refractivity contribution is 6.06. The van der Waals surface area contributed by atoms with Gasteiger partial charge in [-0.25, -0.2) is 4.98 Å². The molecule has 2 aliphatic rings. The molecule has 6 heteroatoms. The molecule has 4 rings (SSSR count). The van der Waals surface area contributed by atoms with E-state index in [0.717, 1.165) is 17.7 Å². The van der Waals surface area contributed by atoms with Gasteiger partial charge in [-0.3, -0.25) is 14.4 Å². The molecule has 0 saturated carbocycles. The van der Waals surface area contributed by atoms with Gasteiger partial charge in [0.25, 0.3) is 0 Å². The average Bonchev–Trinajstić information content (AvgIpc) is 3.14. The van der Waals surface area contributed by atoms with Gasteiger partial charge >= 0.3 is 0 Å². The molecule has 0 bridgehead atoms. The van der Waals surface area contributed by atoms with E-state index in [0.29, 0.717) is 30.4 Å². The van der Waals surface area contributed by atoms with Crippen molar-refractivity contribution in [2.45, 2.75) is 52.1 Å². The Morgan fingerprint density at radius 2 is 2.10 bits per heavy atom. The van der Waals surface area contributed by atoms with Crippen molar-refractivity contribution in [1.29, 1.82) is 0 Å². The second-order valence-electron chi connectivity index (χ2n) is 8.32. The lowest BCUT2D eigenvalue weighted by Crippen LogP contribution is -2.36. The predicted molar refractivity (Wildman–Crippen MR) is 114 cm³/mol. The number of hydrogen-bond acceptors (Lipinski definition) is 4. The molecule has 1 amide bonds. The molecule has 3 heterocycles. The molecule has 2 aliphatic heterocycles. The molecule has 6 nitrogen and oxygen atoms in total. The lowest BCUT2D eigenvalue weighted by molar-refractivity contribution is -0.126. The van der Waals surface area contributed by atoms with Crippen molar-refractivity contribution in [1.82, 2.24) is 14.5 Å². The van der Waals surface area contributed by atoms with E-state index in [1.807, 2.05) is 17.9 Å². The zero-order chi connectivity index (χ0) is 20.8. The lowest BCUT2D eigenvalue weighted by atomic mass is 9.87. The smallest absolute Gasteiger partial charge is 0.248 e. The first kappa shape index (κ1) is 19.6. The van der Waals surface area contributed by atoms with Gasteiger partial charge in [0, 0.05) is 24.4 Å². The fourth-order valence-corrected chi connectivity index (χ4v) is 4.03. The second kappa shape index (κ2) is 7.26. The SMILES string of the molecule is CCC(C)(O)c1cn(C2=NCC(=O)N3CCc4c(cccc4C(C)C)C3=C2)cn1. The van der Waals surface area contributed by atoms with E-state index in [-0.39, 0.29) is 12.5 Å². The number of aliphatic hydroxyl groups is 1. The van der Waals surface area contributed by atoms with Gasteiger partial charge in [-0.15, -0.1) is 0 Å². The Bertz CT molecular complexity index is 1010. The van der Waals surface area contributed by atoms with Crippen molar-refractivity contribution in [2.24, 2.45) is 4.99 Å². The Labute approximate surface area is 171 Å². The molecule has 29 heavy (non-hydrogen) atoms. The first-order valence-electron chi connectivity index (χ1n) is 10.3. The number of allylic oxidation sites excluding steroid dienone is 1. The minimum atomic E-state index is -0.991. The van der Waals surface area contributed by atoms with Crippen LogP contribution < -0.4 is 0 Å². The first-order chi connectivity index (χ1) is 13.8. The minimum Gasteiger partial charge on any atom is -0.384 e. The number of rotatable bonds is 3. The molecule has 0 aliphatic carbocycles. The fourth-order valence-electron chi connectivity index (χ4n) is 4.03. The summed E-state index contributed by atoms with van der Waals surface area (Å²) in [5.41, 5.74) is 4.26. The van der Waals surface area contributed by atoms with Gasteiger partial charge < -0.3 is 10.0 Å². The molecule has 1 N–H and O–H groups in total. The lowest BCUT2D eigenvalue weighted by Gasteiger charge is -2.32. The van der Waals surface area contributed by atoms with Gasteiger partial charge in [0.2, 0.25) is 5.91 Å². The highest BCUT2D eigenvalue weighted by Crippen LogP contribution is 2.34. The third kappa shape index (κ3) is 3.42. The summed E-state index contributed by atoms with van der Waals surface area (Å²) < 4.78 is 1.80. The number of carbonyl (C=O) groups excluding carboxylic acids is 1. The van der Waals surface area contributed by atoms with E-state index in [1.54, 1.807) is 24.0 Å². The average molecular weight is 393 g/mol. The van der Waals surface area contributed by atoms with Crippen molar-refractivity contribution >= 4 is 17.4 Å². The standard InChI is InChI=1S/C23H28N4O2/c1-5-23(4,29)20-13-26(14-25-20)21-11-19-18-8-6-7-16(15(2)3)17(18)9-10-27(19)22(28)12-24-21/h6-8,11,13-15,29H,5,9-10,12H2,1-4H3. The molecular formula is C23H28N4O2. The zero-order valence-corrected chi connectivity index (χ0v) is 17.5. The van der Waals surface area contributed by atoms with E-state index in [9.17, 15) is 9.90 Å². The van der Waals surface area contributed by atoms with E-state index in [2.05, 4.69) is 42.0 Å². The van der Waals surface area contributed by atoms with Crippen LogP contribution in [-0.4, -0.2) is 44.4 Å². The Balaban J connectivity index is 1.80. The number of carbonyl (C=O) groups is 1. The number of amides is 1. The van der Waals surface area contributed by atoms with Crippen molar-refractivity contribution in [3.8, 4) is 0 Å². The molecule has 152 valence electrons. The van der Waals surface area contributed by atoms with Crippen LogP contribution in [0.4, 0.5) is 0 Å². The summed E-state index contributed by atoms with van der Waals surface area (Å²) in [4.78, 5) is 23.5. The topological polar surface area (TPSA) is 70.7 Å². The summed E-state index contributed by atoms with van der Waals surface area (Å²) in [5, 5.41) is 10.5. The summed E-state index contributed by atoms with van der Waals surface area (Å²) in [6.07, 6.45) is 6.85. The normalized spacial score (nSPS) is 18.6. The van der Waals surface area contributed by atoms with Crippen LogP contribution in [0.25, 0.3) is 5.70 Å². The van der Waals surface area contributed by atoms with Gasteiger partial charge in [-0.1, -0.05) is 39.0 Å². The molecule has 0 saturated heterocycles. The van der Waals surface area contributed by atoms with E-state index in [4.69, 9.17) is 0 Å². The van der Waals surface area contributed by atoms with E-state index >= 15 is 0 Å². The third-order valence-corrected chi connectivity index (χ3v) is 6.02. The Morgan fingerprint density at radius 3 is 2.83 bits per heavy atom. The maximum Gasteiger partial charge on any atom is 0.248 e. The molecule has 0 radical (unpaired) electrons. The predicted octanol–water partition coefficient (Wildman–Crippen LogP) is 3.31. The van der Waals surface area contributed by atoms with Gasteiger partial charge in [-0.2, -0.15) is 0 Å². The van der Waals surface area contributed by atoms with Crippen LogP contribution in [0.5, 0.6) is 0 Å². The maximum atomic E-state index is 12.8. The number of nitrogens with zero attached hydrogens (tertiary/aromatic N) is 4. The monoisotopic (exact) mass is 392 g/mol. The number of fused-ring (bicyclic) bond motifs is 3. The van der Waals surface area contributed by atoms with Crippen LogP contribution in [0.3, 0.4) is 0 Å². The number of aliphatic imine (C=N–C) groups is 1. The van der Waals surface area contributed by atoms with Crippen molar-refractivity contribution in [3.05, 3.63) is 59.2 Å². The quantitative estimate of drug-likeness (QED) is 0.871. The number of imidazole rings is 1. The molecule has 0 fully saturated rings. The Kier molecular flexibility index (Phi) is 4.90. The summed E-state index contributed by atoms with van der Waals surface area (Å²) in [5.74, 6) is 1.09. The van der Waals surface area contributed by atoms with Crippen LogP contribution in [0.2, 0.25) is 0 Å². The Hall–Kier alpha value is -2.73. The summed E-state index contributed by atoms with van der Waals surface area (Å²) in [6, 6.07) is 6.34. The highest BCUT2D eigenvalue weighted by atomic mass is 16.3. The van der Waals surface area contributed by atoms with Crippen molar-refractivity contribution < 1.29 is 9.90 Å². The van der Waals surface area contributed by atoms with Crippen molar-refractivity contribution in [3.63, 3.8) is 0 Å². The number of hydrogen-bond donors (Lipinski definition) is 1. The number of aromatic nitrogens is 2. The molecule has 1 unspecified atom stereocenters. The van der Waals surface area contributed by atoms with Gasteiger partial charge in [0.1, 0.15) is 24.3 Å². The van der Waals surface area contributed by atoms with E-state index < -0.39 is 5.60 Å². The third-order valence-electron chi connectivity index (χ3n) is 6.02. The summed E-state index contributed by atoms with van der Waals surface area (Å²) in [6.45, 7) is 8.85. The number of benzene rings is 1. The van der Waals surface area contributed by atoms with Crippen LogP contribution in [0, 0.1) is 0 Å². The van der Waals surface area contributed by atoms with Gasteiger partial charge in [0.15, 0.2) is 0 Å². The molecular weight excluding hydrogens is 364 g/mol. The highest BCUT2D eigenvalue weighted by Gasteiger charge is 2.30. The van der Waals surface area contributed by atoms with Gasteiger partial charge in [0.05, 0.1) is 11.4 Å². The van der Waals surface area contributed by atoms with E-state index in [1.165, 1.54) is 11.1 Å². The molecule has 1 aromatic carbocycles. The van der Waals surface area contributed by atoms with Crippen LogP contribution in [0.1, 0.15) is 62.4 Å².